The van der Waals surface area contributed by atoms with Gasteiger partial charge in [0.05, 0.1) is 16.6 Å². The third-order valence-corrected chi connectivity index (χ3v) is 5.05. The second-order valence-corrected chi connectivity index (χ2v) is 7.38. The van der Waals surface area contributed by atoms with Crippen molar-refractivity contribution >= 4 is 44.2 Å². The van der Waals surface area contributed by atoms with Crippen LogP contribution in [0.4, 0.5) is 5.13 Å². The number of hydrogen-bond donors (Lipinski definition) is 1. The van der Waals surface area contributed by atoms with E-state index < -0.39 is 0 Å². The van der Waals surface area contributed by atoms with Crippen LogP contribution < -0.4 is 10.1 Å². The molecule has 0 radical (unpaired) electrons. The van der Waals surface area contributed by atoms with Crippen molar-refractivity contribution in [1.29, 1.82) is 0 Å². The van der Waals surface area contributed by atoms with Gasteiger partial charge in [0.2, 0.25) is 5.91 Å². The number of carbonyl (C=O) groups is 1. The van der Waals surface area contributed by atoms with Crippen LogP contribution in [0.15, 0.2) is 72.8 Å². The maximum absolute atomic E-state index is 12.2. The van der Waals surface area contributed by atoms with Crippen molar-refractivity contribution in [3.8, 4) is 11.5 Å². The first-order chi connectivity index (χ1) is 13.2. The van der Waals surface area contributed by atoms with Gasteiger partial charge >= 0.3 is 0 Å². The molecule has 0 aliphatic rings. The fraction of sp³-hybridized carbons (Fsp3) is 0.0476. The normalized spacial score (nSPS) is 10.7. The Hall–Kier alpha value is -2.89. The number of thiazole rings is 1. The topological polar surface area (TPSA) is 51.2 Å². The minimum atomic E-state index is -0.114. The van der Waals surface area contributed by atoms with Crippen LogP contribution in [0.2, 0.25) is 5.02 Å². The Morgan fingerprint density at radius 2 is 1.78 bits per heavy atom. The van der Waals surface area contributed by atoms with E-state index in [0.29, 0.717) is 10.2 Å². The number of ether oxygens (including phenoxy) is 1. The van der Waals surface area contributed by atoms with Crippen LogP contribution in [0.25, 0.3) is 10.2 Å². The molecular weight excluding hydrogens is 380 g/mol. The highest BCUT2D eigenvalue weighted by Crippen LogP contribution is 2.31. The maximum atomic E-state index is 12.2. The van der Waals surface area contributed by atoms with Crippen molar-refractivity contribution in [2.24, 2.45) is 0 Å². The van der Waals surface area contributed by atoms with Crippen molar-refractivity contribution in [3.63, 3.8) is 0 Å². The van der Waals surface area contributed by atoms with Crippen molar-refractivity contribution < 1.29 is 9.53 Å². The molecule has 1 aromatic heterocycles. The van der Waals surface area contributed by atoms with Gasteiger partial charge in [0.15, 0.2) is 5.13 Å². The van der Waals surface area contributed by atoms with Gasteiger partial charge in [-0.15, -0.1) is 0 Å². The minimum Gasteiger partial charge on any atom is -0.457 e. The number of halogens is 1. The monoisotopic (exact) mass is 394 g/mol. The first-order valence-corrected chi connectivity index (χ1v) is 9.53. The van der Waals surface area contributed by atoms with E-state index >= 15 is 0 Å². The molecule has 0 saturated heterocycles. The van der Waals surface area contributed by atoms with Crippen molar-refractivity contribution in [2.45, 2.75) is 6.42 Å². The number of amides is 1. The summed E-state index contributed by atoms with van der Waals surface area (Å²) in [5.41, 5.74) is 1.72. The zero-order valence-corrected chi connectivity index (χ0v) is 15.8. The highest BCUT2D eigenvalue weighted by molar-refractivity contribution is 7.22. The number of nitrogens with one attached hydrogen (secondary N) is 1. The summed E-state index contributed by atoms with van der Waals surface area (Å²) in [5, 5.41) is 4.08. The lowest BCUT2D eigenvalue weighted by atomic mass is 10.1. The van der Waals surface area contributed by atoms with Gasteiger partial charge in [0, 0.05) is 11.1 Å². The molecule has 1 amide bonds. The second kappa shape index (κ2) is 7.78. The predicted molar refractivity (Wildman–Crippen MR) is 110 cm³/mol. The van der Waals surface area contributed by atoms with E-state index in [0.717, 1.165) is 27.3 Å². The Morgan fingerprint density at radius 3 is 2.56 bits per heavy atom. The number of hydrogen-bond acceptors (Lipinski definition) is 4. The Morgan fingerprint density at radius 1 is 1.00 bits per heavy atom. The van der Waals surface area contributed by atoms with Gasteiger partial charge in [0.1, 0.15) is 11.5 Å². The van der Waals surface area contributed by atoms with Crippen LogP contribution in [-0.4, -0.2) is 10.9 Å². The summed E-state index contributed by atoms with van der Waals surface area (Å²) in [6.07, 6.45) is 0.273. The Balaban J connectivity index is 1.46. The third kappa shape index (κ3) is 4.45. The number of rotatable bonds is 5. The molecule has 6 heteroatoms. The molecule has 0 spiro atoms. The average molecular weight is 395 g/mol. The van der Waals surface area contributed by atoms with E-state index in [-0.39, 0.29) is 12.3 Å². The van der Waals surface area contributed by atoms with Gasteiger partial charge in [-0.3, -0.25) is 4.79 Å². The van der Waals surface area contributed by atoms with Crippen LogP contribution in [0.1, 0.15) is 5.56 Å². The quantitative estimate of drug-likeness (QED) is 0.457. The number of nitrogens with zero attached hydrogens (tertiary/aromatic N) is 1. The summed E-state index contributed by atoms with van der Waals surface area (Å²) < 4.78 is 6.80. The summed E-state index contributed by atoms with van der Waals surface area (Å²) >= 11 is 7.29. The fourth-order valence-electron chi connectivity index (χ4n) is 2.60. The lowest BCUT2D eigenvalue weighted by Crippen LogP contribution is -2.14. The van der Waals surface area contributed by atoms with Gasteiger partial charge in [-0.2, -0.15) is 0 Å². The van der Waals surface area contributed by atoms with Gasteiger partial charge in [-0.05, 0) is 42.0 Å². The highest BCUT2D eigenvalue weighted by atomic mass is 35.5. The van der Waals surface area contributed by atoms with Gasteiger partial charge in [0.25, 0.3) is 0 Å². The summed E-state index contributed by atoms with van der Waals surface area (Å²) in [6, 6.07) is 22.5. The smallest absolute Gasteiger partial charge is 0.230 e. The lowest BCUT2D eigenvalue weighted by Gasteiger charge is -2.04. The molecular formula is C21H15ClN2O2S. The number of aromatic nitrogens is 1. The first kappa shape index (κ1) is 17.5. The highest BCUT2D eigenvalue weighted by Gasteiger charge is 2.10. The number of anilines is 1. The standard InChI is InChI=1S/C21H15ClN2O2S/c22-15-8-6-14(7-9-15)12-20(25)24-21-23-18-11-10-17(13-19(18)27-21)26-16-4-2-1-3-5-16/h1-11,13H,12H2,(H,23,24,25). The predicted octanol–water partition coefficient (Wildman–Crippen LogP) is 5.92. The van der Waals surface area contributed by atoms with E-state index in [1.54, 1.807) is 12.1 Å². The van der Waals surface area contributed by atoms with Gasteiger partial charge < -0.3 is 10.1 Å². The van der Waals surface area contributed by atoms with Crippen molar-refractivity contribution in [3.05, 3.63) is 83.4 Å². The zero-order chi connectivity index (χ0) is 18.6. The molecule has 0 saturated carbocycles. The largest absolute Gasteiger partial charge is 0.457 e. The van der Waals surface area contributed by atoms with Crippen LogP contribution in [-0.2, 0) is 11.2 Å². The summed E-state index contributed by atoms with van der Waals surface area (Å²) in [4.78, 5) is 16.7. The third-order valence-electron chi connectivity index (χ3n) is 3.86. The molecule has 0 aliphatic heterocycles. The Labute approximate surface area is 165 Å². The van der Waals surface area contributed by atoms with E-state index in [2.05, 4.69) is 10.3 Å². The zero-order valence-electron chi connectivity index (χ0n) is 14.2. The fourth-order valence-corrected chi connectivity index (χ4v) is 3.63. The maximum Gasteiger partial charge on any atom is 0.230 e. The van der Waals surface area contributed by atoms with Crippen molar-refractivity contribution in [2.75, 3.05) is 5.32 Å². The number of carbonyl (C=O) groups excluding carboxylic acids is 1. The lowest BCUT2D eigenvalue weighted by molar-refractivity contribution is -0.115. The molecule has 1 heterocycles. The van der Waals surface area contributed by atoms with Crippen LogP contribution >= 0.6 is 22.9 Å². The van der Waals surface area contributed by atoms with Gasteiger partial charge in [-0.25, -0.2) is 4.98 Å². The molecule has 1 N–H and O–H groups in total. The molecule has 0 aliphatic carbocycles. The van der Waals surface area contributed by atoms with Gasteiger partial charge in [-0.1, -0.05) is 53.3 Å². The second-order valence-electron chi connectivity index (χ2n) is 5.92. The molecule has 3 aromatic carbocycles. The molecule has 4 aromatic rings. The van der Waals surface area contributed by atoms with E-state index in [1.165, 1.54) is 11.3 Å². The van der Waals surface area contributed by atoms with E-state index in [9.17, 15) is 4.79 Å². The minimum absolute atomic E-state index is 0.114. The molecule has 134 valence electrons. The van der Waals surface area contributed by atoms with Crippen molar-refractivity contribution in [1.82, 2.24) is 4.98 Å². The van der Waals surface area contributed by atoms with Crippen LogP contribution in [0.5, 0.6) is 11.5 Å². The van der Waals surface area contributed by atoms with Crippen LogP contribution in [0, 0.1) is 0 Å². The molecule has 27 heavy (non-hydrogen) atoms. The van der Waals surface area contributed by atoms with E-state index in [1.807, 2.05) is 60.7 Å². The number of fused-ring (bicyclic) bond motifs is 1. The molecule has 0 bridgehead atoms. The Bertz CT molecular complexity index is 1080. The Kier molecular flexibility index (Phi) is 5.05. The number of benzene rings is 3. The number of para-hydroxylation sites is 1. The molecule has 0 unspecified atom stereocenters. The first-order valence-electron chi connectivity index (χ1n) is 8.33. The summed E-state index contributed by atoms with van der Waals surface area (Å²) in [5.74, 6) is 1.39. The van der Waals surface area contributed by atoms with Crippen LogP contribution in [0.3, 0.4) is 0 Å². The average Bonchev–Trinajstić information content (AvgIpc) is 3.06. The summed E-state index contributed by atoms with van der Waals surface area (Å²) in [6.45, 7) is 0. The molecule has 4 nitrogen and oxygen atoms in total. The van der Waals surface area contributed by atoms with E-state index in [4.69, 9.17) is 16.3 Å². The summed E-state index contributed by atoms with van der Waals surface area (Å²) in [7, 11) is 0. The SMILES string of the molecule is O=C(Cc1ccc(Cl)cc1)Nc1nc2ccc(Oc3ccccc3)cc2s1. The molecule has 0 atom stereocenters. The molecule has 0 fully saturated rings. The molecule has 4 rings (SSSR count).